The van der Waals surface area contributed by atoms with Gasteiger partial charge in [0.2, 0.25) is 0 Å². The minimum Gasteiger partial charge on any atom is -0.359 e. The summed E-state index contributed by atoms with van der Waals surface area (Å²) in [7, 11) is 1.93. The van der Waals surface area contributed by atoms with E-state index >= 15 is 0 Å². The van der Waals surface area contributed by atoms with Gasteiger partial charge in [0.25, 0.3) is 0 Å². The molecule has 1 unspecified atom stereocenters. The maximum Gasteiger partial charge on any atom is 0.129 e. The van der Waals surface area contributed by atoms with Gasteiger partial charge in [-0.3, -0.25) is 10.3 Å². The number of nitrogens with one attached hydrogen (secondary N) is 2. The van der Waals surface area contributed by atoms with Gasteiger partial charge >= 0.3 is 0 Å². The van der Waals surface area contributed by atoms with Crippen molar-refractivity contribution in [3.8, 4) is 0 Å². The van der Waals surface area contributed by atoms with Gasteiger partial charge in [0.1, 0.15) is 5.50 Å². The number of thioether (sulfide) groups is 1. The highest BCUT2D eigenvalue weighted by atomic mass is 32.2. The van der Waals surface area contributed by atoms with Crippen molar-refractivity contribution in [2.75, 3.05) is 7.05 Å². The fourth-order valence-electron chi connectivity index (χ4n) is 1.14. The molecule has 2 heterocycles. The lowest BCUT2D eigenvalue weighted by Crippen LogP contribution is -2.32. The van der Waals surface area contributed by atoms with Gasteiger partial charge in [-0.15, -0.1) is 0 Å². The van der Waals surface area contributed by atoms with Crippen molar-refractivity contribution in [1.29, 1.82) is 0 Å². The molecule has 1 aliphatic heterocycles. The highest BCUT2D eigenvalue weighted by Crippen LogP contribution is 2.23. The molecule has 2 rings (SSSR count). The zero-order valence-corrected chi connectivity index (χ0v) is 8.14. The van der Waals surface area contributed by atoms with E-state index in [0.717, 1.165) is 11.4 Å². The van der Waals surface area contributed by atoms with Crippen LogP contribution in [-0.2, 0) is 0 Å². The van der Waals surface area contributed by atoms with Crippen molar-refractivity contribution in [2.24, 2.45) is 0 Å². The Bertz CT molecular complexity index is 310. The molecule has 13 heavy (non-hydrogen) atoms. The van der Waals surface area contributed by atoms with E-state index in [-0.39, 0.29) is 5.50 Å². The molecule has 0 aromatic carbocycles. The second-order valence-electron chi connectivity index (χ2n) is 2.70. The average molecular weight is 193 g/mol. The van der Waals surface area contributed by atoms with E-state index in [1.165, 1.54) is 0 Å². The first-order valence-corrected chi connectivity index (χ1v) is 5.05. The van der Waals surface area contributed by atoms with E-state index in [1.54, 1.807) is 18.0 Å². The molecule has 4 heteroatoms. The van der Waals surface area contributed by atoms with Crippen LogP contribution < -0.4 is 10.6 Å². The summed E-state index contributed by atoms with van der Waals surface area (Å²) < 4.78 is 0. The van der Waals surface area contributed by atoms with Gasteiger partial charge in [0.05, 0.1) is 11.4 Å². The molecule has 68 valence electrons. The monoisotopic (exact) mass is 193 g/mol. The van der Waals surface area contributed by atoms with Crippen LogP contribution in [0.15, 0.2) is 29.8 Å². The Morgan fingerprint density at radius 2 is 2.46 bits per heavy atom. The molecule has 1 aliphatic rings. The maximum absolute atomic E-state index is 4.26. The first kappa shape index (κ1) is 8.59. The van der Waals surface area contributed by atoms with Crippen LogP contribution in [0.1, 0.15) is 5.69 Å². The lowest BCUT2D eigenvalue weighted by atomic mass is 10.3. The third-order valence-electron chi connectivity index (χ3n) is 1.81. The summed E-state index contributed by atoms with van der Waals surface area (Å²) in [6, 6.07) is 5.90. The van der Waals surface area contributed by atoms with Gasteiger partial charge in [-0.2, -0.15) is 0 Å². The Balaban J connectivity index is 2.12. The SMILES string of the molecule is CNC1NC(c2ccccn2)=CS1. The zero-order valence-electron chi connectivity index (χ0n) is 7.32. The van der Waals surface area contributed by atoms with E-state index in [4.69, 9.17) is 0 Å². The van der Waals surface area contributed by atoms with Crippen molar-refractivity contribution >= 4 is 17.5 Å². The molecule has 0 spiro atoms. The predicted octanol–water partition coefficient (Wildman–Crippen LogP) is 1.22. The predicted molar refractivity (Wildman–Crippen MR) is 55.8 cm³/mol. The Hall–Kier alpha value is -1.00. The quantitative estimate of drug-likeness (QED) is 0.740. The van der Waals surface area contributed by atoms with Gasteiger partial charge in [-0.05, 0) is 24.6 Å². The van der Waals surface area contributed by atoms with Gasteiger partial charge in [-0.1, -0.05) is 17.8 Å². The first-order valence-electron chi connectivity index (χ1n) is 4.11. The molecular weight excluding hydrogens is 182 g/mol. The van der Waals surface area contributed by atoms with E-state index in [1.807, 2.05) is 25.2 Å². The smallest absolute Gasteiger partial charge is 0.129 e. The van der Waals surface area contributed by atoms with Crippen LogP contribution in [-0.4, -0.2) is 17.5 Å². The molecule has 0 aliphatic carbocycles. The number of pyridine rings is 1. The summed E-state index contributed by atoms with van der Waals surface area (Å²) in [5.41, 5.74) is 2.36. The normalized spacial score (nSPS) is 21.0. The molecule has 0 fully saturated rings. The molecule has 0 saturated carbocycles. The molecule has 1 atom stereocenters. The molecule has 1 aromatic rings. The fourth-order valence-corrected chi connectivity index (χ4v) is 1.93. The molecule has 2 N–H and O–H groups in total. The summed E-state index contributed by atoms with van der Waals surface area (Å²) in [5.74, 6) is 0. The lowest BCUT2D eigenvalue weighted by molar-refractivity contribution is 0.701. The van der Waals surface area contributed by atoms with Crippen molar-refractivity contribution < 1.29 is 0 Å². The Morgan fingerprint density at radius 1 is 1.54 bits per heavy atom. The van der Waals surface area contributed by atoms with Crippen LogP contribution in [0.5, 0.6) is 0 Å². The van der Waals surface area contributed by atoms with Crippen LogP contribution in [0.2, 0.25) is 0 Å². The van der Waals surface area contributed by atoms with Crippen LogP contribution in [0.4, 0.5) is 0 Å². The average Bonchev–Trinajstić information content (AvgIpc) is 2.67. The van der Waals surface area contributed by atoms with Crippen LogP contribution in [0, 0.1) is 0 Å². The summed E-state index contributed by atoms with van der Waals surface area (Å²) in [4.78, 5) is 4.26. The summed E-state index contributed by atoms with van der Waals surface area (Å²) in [6.07, 6.45) is 1.80. The van der Waals surface area contributed by atoms with Gasteiger partial charge in [0.15, 0.2) is 0 Å². The number of rotatable bonds is 2. The Labute approximate surface area is 81.6 Å². The van der Waals surface area contributed by atoms with Crippen molar-refractivity contribution in [3.05, 3.63) is 35.5 Å². The molecule has 0 bridgehead atoms. The minimum absolute atomic E-state index is 0.275. The van der Waals surface area contributed by atoms with Gasteiger partial charge < -0.3 is 5.32 Å². The van der Waals surface area contributed by atoms with E-state index < -0.39 is 0 Å². The molecule has 0 saturated heterocycles. The Morgan fingerprint density at radius 3 is 3.08 bits per heavy atom. The standard InChI is InChI=1S/C9H11N3S/c1-10-9-12-8(6-13-9)7-4-2-3-5-11-7/h2-6,9-10,12H,1H3. The molecule has 1 aromatic heterocycles. The second-order valence-corrected chi connectivity index (χ2v) is 3.67. The van der Waals surface area contributed by atoms with Crippen molar-refractivity contribution in [2.45, 2.75) is 5.50 Å². The number of hydrogen-bond donors (Lipinski definition) is 2. The highest BCUT2D eigenvalue weighted by Gasteiger charge is 2.15. The number of aromatic nitrogens is 1. The third kappa shape index (κ3) is 1.84. The fraction of sp³-hybridized carbons (Fsp3) is 0.222. The topological polar surface area (TPSA) is 37.0 Å². The van der Waals surface area contributed by atoms with E-state index in [2.05, 4.69) is 21.0 Å². The van der Waals surface area contributed by atoms with E-state index in [9.17, 15) is 0 Å². The molecule has 0 amide bonds. The minimum atomic E-state index is 0.275. The summed E-state index contributed by atoms with van der Waals surface area (Å²) >= 11 is 1.72. The number of hydrogen-bond acceptors (Lipinski definition) is 4. The van der Waals surface area contributed by atoms with E-state index in [0.29, 0.717) is 0 Å². The number of nitrogens with zero attached hydrogens (tertiary/aromatic N) is 1. The first-order chi connectivity index (χ1) is 6.40. The molecule has 3 nitrogen and oxygen atoms in total. The largest absolute Gasteiger partial charge is 0.359 e. The van der Waals surface area contributed by atoms with Crippen LogP contribution >= 0.6 is 11.8 Å². The maximum atomic E-state index is 4.26. The lowest BCUT2D eigenvalue weighted by Gasteiger charge is -2.10. The van der Waals surface area contributed by atoms with Crippen molar-refractivity contribution in [1.82, 2.24) is 15.6 Å². The van der Waals surface area contributed by atoms with Gasteiger partial charge in [0, 0.05) is 6.20 Å². The van der Waals surface area contributed by atoms with Crippen LogP contribution in [0.25, 0.3) is 5.70 Å². The second kappa shape index (κ2) is 3.81. The third-order valence-corrected chi connectivity index (χ3v) is 2.81. The Kier molecular flexibility index (Phi) is 2.52. The van der Waals surface area contributed by atoms with Gasteiger partial charge in [-0.25, -0.2) is 0 Å². The summed E-state index contributed by atoms with van der Waals surface area (Å²) in [5, 5.41) is 8.53. The van der Waals surface area contributed by atoms with Crippen molar-refractivity contribution in [3.63, 3.8) is 0 Å². The molecular formula is C9H11N3S. The highest BCUT2D eigenvalue weighted by molar-refractivity contribution is 8.03. The summed E-state index contributed by atoms with van der Waals surface area (Å²) in [6.45, 7) is 0. The zero-order chi connectivity index (χ0) is 9.10. The van der Waals surface area contributed by atoms with Crippen LogP contribution in [0.3, 0.4) is 0 Å². The molecule has 0 radical (unpaired) electrons.